The molecule has 33 heavy (non-hydrogen) atoms. The highest BCUT2D eigenvalue weighted by atomic mass is 32.1. The molecule has 5 aromatic rings. The molecule has 5 heteroatoms. The van der Waals surface area contributed by atoms with Gasteiger partial charge in [0.1, 0.15) is 10.7 Å². The average molecular weight is 454 g/mol. The molecule has 2 aromatic heterocycles. The number of nitrogens with zero attached hydrogens (tertiary/aromatic N) is 2. The van der Waals surface area contributed by atoms with E-state index in [1.807, 2.05) is 31.2 Å². The fourth-order valence-electron chi connectivity index (χ4n) is 4.45. The number of hydrogen-bond donors (Lipinski definition) is 1. The Bertz CT molecular complexity index is 1490. The number of nitrogens with one attached hydrogen (secondary N) is 1. The van der Waals surface area contributed by atoms with Crippen LogP contribution in [0.4, 0.5) is 5.69 Å². The third-order valence-corrected chi connectivity index (χ3v) is 7.32. The van der Waals surface area contributed by atoms with Crippen molar-refractivity contribution in [1.29, 1.82) is 0 Å². The van der Waals surface area contributed by atoms with Crippen LogP contribution in [-0.4, -0.2) is 15.5 Å². The molecule has 3 aromatic carbocycles. The van der Waals surface area contributed by atoms with Gasteiger partial charge in [-0.2, -0.15) is 0 Å². The van der Waals surface area contributed by atoms with E-state index in [1.165, 1.54) is 15.8 Å². The van der Waals surface area contributed by atoms with Crippen molar-refractivity contribution in [3.05, 3.63) is 83.0 Å². The molecule has 0 atom stereocenters. The number of anilines is 1. The number of aromatic nitrogens is 2. The Balaban J connectivity index is 1.43. The highest BCUT2D eigenvalue weighted by molar-refractivity contribution is 7.21. The van der Waals surface area contributed by atoms with E-state index in [4.69, 9.17) is 4.98 Å². The smallest absolute Gasteiger partial charge is 0.272 e. The van der Waals surface area contributed by atoms with Gasteiger partial charge in [-0.3, -0.25) is 4.79 Å². The predicted molar refractivity (Wildman–Crippen MR) is 139 cm³/mol. The number of thiazole rings is 1. The molecule has 0 aliphatic carbocycles. The maximum absolute atomic E-state index is 13.3. The lowest BCUT2D eigenvalue weighted by Crippen LogP contribution is -2.17. The summed E-state index contributed by atoms with van der Waals surface area (Å²) >= 11 is 1.69. The number of carbonyl (C=O) groups excluding carboxylic acids is 1. The van der Waals surface area contributed by atoms with Gasteiger partial charge in [-0.15, -0.1) is 11.3 Å². The maximum atomic E-state index is 13.3. The Labute approximate surface area is 197 Å². The van der Waals surface area contributed by atoms with Crippen molar-refractivity contribution in [2.24, 2.45) is 0 Å². The third-order valence-electron chi connectivity index (χ3n) is 6.25. The molecule has 166 valence electrons. The Hall–Kier alpha value is -3.44. The summed E-state index contributed by atoms with van der Waals surface area (Å²) in [6.07, 6.45) is 0.981. The molecular formula is C28H27N3OS. The second-order valence-corrected chi connectivity index (χ2v) is 9.48. The largest absolute Gasteiger partial charge is 0.337 e. The fraction of sp³-hybridized carbons (Fsp3) is 0.214. The number of aryl methyl sites for hydroxylation is 4. The second kappa shape index (κ2) is 8.49. The zero-order chi connectivity index (χ0) is 23.1. The van der Waals surface area contributed by atoms with E-state index >= 15 is 0 Å². The van der Waals surface area contributed by atoms with Gasteiger partial charge in [-0.1, -0.05) is 19.1 Å². The molecule has 0 radical (unpaired) electrons. The van der Waals surface area contributed by atoms with Crippen molar-refractivity contribution in [2.45, 2.75) is 40.7 Å². The van der Waals surface area contributed by atoms with Crippen LogP contribution in [0.1, 0.15) is 41.0 Å². The van der Waals surface area contributed by atoms with Crippen LogP contribution in [-0.2, 0) is 13.0 Å². The van der Waals surface area contributed by atoms with Crippen molar-refractivity contribution in [3.8, 4) is 10.6 Å². The maximum Gasteiger partial charge on any atom is 0.272 e. The number of rotatable bonds is 5. The number of benzene rings is 3. The summed E-state index contributed by atoms with van der Waals surface area (Å²) in [5, 5.41) is 5.24. The highest BCUT2D eigenvalue weighted by Crippen LogP contribution is 2.32. The first-order valence-electron chi connectivity index (χ1n) is 11.4. The molecule has 5 rings (SSSR count). The summed E-state index contributed by atoms with van der Waals surface area (Å²) in [7, 11) is 0. The molecular weight excluding hydrogens is 426 g/mol. The minimum Gasteiger partial charge on any atom is -0.337 e. The van der Waals surface area contributed by atoms with Crippen LogP contribution >= 0.6 is 11.3 Å². The normalized spacial score (nSPS) is 11.4. The lowest BCUT2D eigenvalue weighted by atomic mass is 10.1. The monoisotopic (exact) mass is 453 g/mol. The van der Waals surface area contributed by atoms with Gasteiger partial charge >= 0.3 is 0 Å². The van der Waals surface area contributed by atoms with E-state index in [-0.39, 0.29) is 5.91 Å². The van der Waals surface area contributed by atoms with Crippen LogP contribution < -0.4 is 5.32 Å². The van der Waals surface area contributed by atoms with Gasteiger partial charge < -0.3 is 9.88 Å². The van der Waals surface area contributed by atoms with E-state index < -0.39 is 0 Å². The van der Waals surface area contributed by atoms with E-state index in [1.54, 1.807) is 11.3 Å². The summed E-state index contributed by atoms with van der Waals surface area (Å²) < 4.78 is 3.30. The standard InChI is InChI=1S/C28H27N3OS/c1-5-19-8-14-24-22(16-19)18(4)26(31(24)6-2)27(32)29-21-11-9-20(10-12-21)28-30-23-13-7-17(3)15-25(23)33-28/h7-16H,5-6H2,1-4H3,(H,29,32). The molecule has 0 aliphatic rings. The van der Waals surface area contributed by atoms with Gasteiger partial charge in [-0.25, -0.2) is 4.98 Å². The summed E-state index contributed by atoms with van der Waals surface area (Å²) in [6, 6.07) is 20.8. The molecule has 2 heterocycles. The van der Waals surface area contributed by atoms with E-state index in [2.05, 4.69) is 67.1 Å². The van der Waals surface area contributed by atoms with Gasteiger partial charge in [0.25, 0.3) is 5.91 Å². The summed E-state index contributed by atoms with van der Waals surface area (Å²) in [5.41, 5.74) is 8.24. The molecule has 0 unspecified atom stereocenters. The molecule has 1 N–H and O–H groups in total. The molecule has 0 aliphatic heterocycles. The van der Waals surface area contributed by atoms with Crippen LogP contribution in [0, 0.1) is 13.8 Å². The minimum atomic E-state index is -0.0770. The minimum absolute atomic E-state index is 0.0770. The first kappa shape index (κ1) is 21.4. The molecule has 0 saturated heterocycles. The van der Waals surface area contributed by atoms with Gasteiger partial charge in [0.05, 0.1) is 10.2 Å². The molecule has 0 fully saturated rings. The van der Waals surface area contributed by atoms with Crippen molar-refractivity contribution < 1.29 is 4.79 Å². The molecule has 0 bridgehead atoms. The lowest BCUT2D eigenvalue weighted by molar-refractivity contribution is 0.101. The SMILES string of the molecule is CCc1ccc2c(c1)c(C)c(C(=O)Nc1ccc(-c3nc4ccc(C)cc4s3)cc1)n2CC. The molecule has 4 nitrogen and oxygen atoms in total. The predicted octanol–water partition coefficient (Wildman–Crippen LogP) is 7.37. The summed E-state index contributed by atoms with van der Waals surface area (Å²) in [6.45, 7) is 9.12. The van der Waals surface area contributed by atoms with E-state index in [0.717, 1.165) is 56.9 Å². The fourth-order valence-corrected chi connectivity index (χ4v) is 5.52. The molecule has 0 saturated carbocycles. The topological polar surface area (TPSA) is 46.9 Å². The third kappa shape index (κ3) is 3.83. The summed E-state index contributed by atoms with van der Waals surface area (Å²) in [4.78, 5) is 18.1. The highest BCUT2D eigenvalue weighted by Gasteiger charge is 2.20. The first-order valence-corrected chi connectivity index (χ1v) is 12.2. The second-order valence-electron chi connectivity index (χ2n) is 8.44. The first-order chi connectivity index (χ1) is 16.0. The zero-order valence-corrected chi connectivity index (χ0v) is 20.2. The average Bonchev–Trinajstić information content (AvgIpc) is 3.37. The number of hydrogen-bond acceptors (Lipinski definition) is 3. The van der Waals surface area contributed by atoms with Crippen molar-refractivity contribution in [1.82, 2.24) is 9.55 Å². The van der Waals surface area contributed by atoms with Crippen molar-refractivity contribution >= 4 is 44.1 Å². The van der Waals surface area contributed by atoms with Gasteiger partial charge in [0.15, 0.2) is 0 Å². The van der Waals surface area contributed by atoms with Crippen molar-refractivity contribution in [2.75, 3.05) is 5.32 Å². The Morgan fingerprint density at radius 3 is 2.52 bits per heavy atom. The van der Waals surface area contributed by atoms with Crippen molar-refractivity contribution in [3.63, 3.8) is 0 Å². The molecule has 1 amide bonds. The number of amides is 1. The van der Waals surface area contributed by atoms with Crippen LogP contribution in [0.3, 0.4) is 0 Å². The van der Waals surface area contributed by atoms with Crippen LogP contribution in [0.25, 0.3) is 31.7 Å². The number of carbonyl (C=O) groups is 1. The van der Waals surface area contributed by atoms with Crippen LogP contribution in [0.15, 0.2) is 60.7 Å². The quantitative estimate of drug-likeness (QED) is 0.302. The van der Waals surface area contributed by atoms with Gasteiger partial charge in [0, 0.05) is 28.7 Å². The Kier molecular flexibility index (Phi) is 5.51. The van der Waals surface area contributed by atoms with Crippen LogP contribution in [0.5, 0.6) is 0 Å². The lowest BCUT2D eigenvalue weighted by Gasteiger charge is -2.10. The summed E-state index contributed by atoms with van der Waals surface area (Å²) in [5.74, 6) is -0.0770. The molecule has 0 spiro atoms. The zero-order valence-electron chi connectivity index (χ0n) is 19.4. The van der Waals surface area contributed by atoms with Crippen LogP contribution in [0.2, 0.25) is 0 Å². The Morgan fingerprint density at radius 1 is 1.00 bits per heavy atom. The van der Waals surface area contributed by atoms with E-state index in [0.29, 0.717) is 0 Å². The Morgan fingerprint density at radius 2 is 1.79 bits per heavy atom. The van der Waals surface area contributed by atoms with Gasteiger partial charge in [-0.05, 0) is 92.4 Å². The van der Waals surface area contributed by atoms with E-state index in [9.17, 15) is 4.79 Å². The number of fused-ring (bicyclic) bond motifs is 2. The van der Waals surface area contributed by atoms with Gasteiger partial charge in [0.2, 0.25) is 0 Å².